The average Bonchev–Trinajstić information content (AvgIpc) is 3.13. The van der Waals surface area contributed by atoms with E-state index in [2.05, 4.69) is 0 Å². The van der Waals surface area contributed by atoms with Crippen LogP contribution in [0.3, 0.4) is 0 Å². The van der Waals surface area contributed by atoms with Crippen molar-refractivity contribution in [3.8, 4) is 11.5 Å². The van der Waals surface area contributed by atoms with Crippen molar-refractivity contribution in [3.05, 3.63) is 57.6 Å². The number of esters is 4. The Labute approximate surface area is 338 Å². The van der Waals surface area contributed by atoms with Crippen molar-refractivity contribution in [3.63, 3.8) is 0 Å². The zero-order valence-electron chi connectivity index (χ0n) is 34.0. The zero-order chi connectivity index (χ0) is 43.7. The van der Waals surface area contributed by atoms with Crippen LogP contribution < -0.4 is 9.47 Å². The molecule has 1 heterocycles. The summed E-state index contributed by atoms with van der Waals surface area (Å²) < 4.78 is 77.4. The Hall–Kier alpha value is -4.72. The lowest BCUT2D eigenvalue weighted by Crippen LogP contribution is -2.62. The van der Waals surface area contributed by atoms with Crippen LogP contribution in [0, 0.1) is 0 Å². The fourth-order valence-corrected chi connectivity index (χ4v) is 8.94. The molecule has 0 bridgehead atoms. The van der Waals surface area contributed by atoms with E-state index in [-0.39, 0.29) is 35.7 Å². The monoisotopic (exact) mass is 848 g/mol. The molecule has 0 unspecified atom stereocenters. The van der Waals surface area contributed by atoms with Crippen LogP contribution in [0.15, 0.2) is 24.3 Å². The molecule has 59 heavy (non-hydrogen) atoms. The topological polar surface area (TPSA) is 238 Å². The zero-order valence-corrected chi connectivity index (χ0v) is 34.9. The van der Waals surface area contributed by atoms with Crippen LogP contribution >= 0.6 is 7.82 Å². The highest BCUT2D eigenvalue weighted by molar-refractivity contribution is 7.48. The van der Waals surface area contributed by atoms with Gasteiger partial charge >= 0.3 is 31.7 Å². The number of carbonyl (C=O) groups is 7. The number of ether oxygens (including phenoxy) is 8. The molecule has 0 saturated carbocycles. The number of hydrogen-bond donors (Lipinski definition) is 0. The molecule has 2 aromatic carbocycles. The van der Waals surface area contributed by atoms with Crippen molar-refractivity contribution >= 4 is 49.0 Å². The van der Waals surface area contributed by atoms with Gasteiger partial charge in [-0.15, -0.1) is 0 Å². The van der Waals surface area contributed by atoms with Gasteiger partial charge < -0.3 is 37.9 Å². The number of carbonyl (C=O) groups excluding carboxylic acids is 7. The van der Waals surface area contributed by atoms with Gasteiger partial charge in [-0.05, 0) is 39.8 Å². The molecule has 0 spiro atoms. The summed E-state index contributed by atoms with van der Waals surface area (Å²) in [6.07, 6.45) is -10.1. The summed E-state index contributed by atoms with van der Waals surface area (Å²) in [5.41, 5.74) is -4.53. The molecule has 0 radical (unpaired) electrons. The van der Waals surface area contributed by atoms with Gasteiger partial charge in [0.25, 0.3) is 0 Å². The van der Waals surface area contributed by atoms with Gasteiger partial charge in [0.1, 0.15) is 29.8 Å². The van der Waals surface area contributed by atoms with Gasteiger partial charge in [-0.2, -0.15) is 0 Å². The lowest BCUT2D eigenvalue weighted by atomic mass is 9.72. The smallest absolute Gasteiger partial charge is 0.456 e. The van der Waals surface area contributed by atoms with Crippen molar-refractivity contribution in [2.24, 2.45) is 0 Å². The summed E-state index contributed by atoms with van der Waals surface area (Å²) in [7, 11) is -2.22. The van der Waals surface area contributed by atoms with Gasteiger partial charge in [0.05, 0.1) is 30.4 Å². The third kappa shape index (κ3) is 8.65. The predicted molar refractivity (Wildman–Crippen MR) is 198 cm³/mol. The van der Waals surface area contributed by atoms with E-state index in [1.54, 1.807) is 0 Å². The Morgan fingerprint density at radius 2 is 1.37 bits per heavy atom. The van der Waals surface area contributed by atoms with Crippen LogP contribution in [0.25, 0.3) is 0 Å². The van der Waals surface area contributed by atoms with Crippen LogP contribution in [0.1, 0.15) is 109 Å². The van der Waals surface area contributed by atoms with E-state index in [0.717, 1.165) is 40.9 Å². The molecule has 3 aliphatic rings. The molecule has 0 aromatic heterocycles. The standard InChI is InChI=1S/C39H45O19P/c1-11-50-59(47,51-12-2)58-39(8)36(46)24-16-23-27(30(45)26-22(29(23)44)14-13-15-25(26)53-18(4)40)32(55-20(6)42)28(24)33(37(39)49-10)57-38-35(48-9)34(56-21(7)43)31(17(3)52-38)54-19(5)41/h13-17,31,33-35,37-38H,11-12H2,1-10H3/t17-,31-,33+,34+,35+,37-,38-,39+/m0/s1. The van der Waals surface area contributed by atoms with Crippen molar-refractivity contribution in [1.29, 1.82) is 0 Å². The molecule has 8 atom stereocenters. The lowest BCUT2D eigenvalue weighted by Gasteiger charge is -2.48. The second-order valence-electron chi connectivity index (χ2n) is 13.7. The summed E-state index contributed by atoms with van der Waals surface area (Å²) in [6, 6.07) is 5.07. The Morgan fingerprint density at radius 1 is 0.763 bits per heavy atom. The normalized spacial score (nSPS) is 26.3. The highest BCUT2D eigenvalue weighted by atomic mass is 31.2. The maximum Gasteiger partial charge on any atom is 0.475 e. The van der Waals surface area contributed by atoms with Crippen molar-refractivity contribution in [2.45, 2.75) is 104 Å². The molecule has 0 amide bonds. The fraction of sp³-hybridized carbons (Fsp3) is 0.513. The van der Waals surface area contributed by atoms with Crippen LogP contribution in [0.4, 0.5) is 0 Å². The fourth-order valence-electron chi connectivity index (χ4n) is 7.47. The highest BCUT2D eigenvalue weighted by Crippen LogP contribution is 2.58. The molecule has 1 aliphatic heterocycles. The number of rotatable bonds is 14. The third-order valence-corrected chi connectivity index (χ3v) is 11.4. The molecule has 1 fully saturated rings. The van der Waals surface area contributed by atoms with E-state index in [0.29, 0.717) is 0 Å². The molecule has 0 N–H and O–H groups in total. The Balaban J connectivity index is 1.83. The molecule has 5 rings (SSSR count). The molecule has 20 heteroatoms. The van der Waals surface area contributed by atoms with Gasteiger partial charge in [0.2, 0.25) is 5.78 Å². The van der Waals surface area contributed by atoms with Gasteiger partial charge in [-0.3, -0.25) is 47.1 Å². The van der Waals surface area contributed by atoms with E-state index in [1.165, 1.54) is 53.0 Å². The van der Waals surface area contributed by atoms with Crippen LogP contribution in [-0.2, 0) is 65.7 Å². The van der Waals surface area contributed by atoms with Gasteiger partial charge in [0, 0.05) is 64.2 Å². The van der Waals surface area contributed by atoms with Gasteiger partial charge in [0.15, 0.2) is 35.7 Å². The molecule has 320 valence electrons. The quantitative estimate of drug-likeness (QED) is 0.126. The molecule has 2 aliphatic carbocycles. The van der Waals surface area contributed by atoms with Gasteiger partial charge in [-0.25, -0.2) is 4.57 Å². The summed E-state index contributed by atoms with van der Waals surface area (Å²) in [6.45, 7) is 9.72. The maximum atomic E-state index is 15.0. The van der Waals surface area contributed by atoms with Crippen molar-refractivity contribution < 1.29 is 89.6 Å². The SMILES string of the molecule is CCOP(=O)(OCC)O[C@]1(C)C(=O)c2cc3c(c(OC(C)=O)c2[C@@H](O[C@@H]2O[C@@H](C)[C@H](OC(C)=O)[C@@H](OC(C)=O)[C@H]2OC)[C@@H]1OC)C(=O)c1c(OC(C)=O)cccc1C3=O. The first kappa shape index (κ1) is 45.4. The number of phosphoric acid groups is 1. The first-order chi connectivity index (χ1) is 27.8. The van der Waals surface area contributed by atoms with E-state index in [9.17, 15) is 33.3 Å². The number of hydrogen-bond acceptors (Lipinski definition) is 19. The Morgan fingerprint density at radius 3 is 1.92 bits per heavy atom. The first-order valence-corrected chi connectivity index (χ1v) is 19.9. The molecule has 2 aromatic rings. The third-order valence-electron chi connectivity index (χ3n) is 9.60. The summed E-state index contributed by atoms with van der Waals surface area (Å²) in [5.74, 6) is -6.94. The van der Waals surface area contributed by atoms with E-state index >= 15 is 4.79 Å². The van der Waals surface area contributed by atoms with E-state index in [1.807, 2.05) is 0 Å². The summed E-state index contributed by atoms with van der Waals surface area (Å²) in [4.78, 5) is 93.5. The minimum Gasteiger partial charge on any atom is -0.456 e. The van der Waals surface area contributed by atoms with Gasteiger partial charge in [-0.1, -0.05) is 12.1 Å². The molecular weight excluding hydrogens is 803 g/mol. The number of Topliss-reactive ketones (excluding diaryl/α,β-unsaturated/α-hetero) is 1. The molecule has 19 nitrogen and oxygen atoms in total. The van der Waals surface area contributed by atoms with Crippen molar-refractivity contribution in [2.75, 3.05) is 27.4 Å². The second-order valence-corrected chi connectivity index (χ2v) is 15.3. The number of ketones is 3. The van der Waals surface area contributed by atoms with Crippen LogP contribution in [-0.4, -0.2) is 111 Å². The summed E-state index contributed by atoms with van der Waals surface area (Å²) in [5, 5.41) is 0. The number of methoxy groups -OCH3 is 2. The summed E-state index contributed by atoms with van der Waals surface area (Å²) >= 11 is 0. The maximum absolute atomic E-state index is 15.0. The second kappa shape index (κ2) is 17.9. The number of benzene rings is 2. The van der Waals surface area contributed by atoms with Crippen LogP contribution in [0.5, 0.6) is 11.5 Å². The number of phosphoric ester groups is 1. The highest BCUT2D eigenvalue weighted by Gasteiger charge is 2.61. The van der Waals surface area contributed by atoms with Crippen molar-refractivity contribution in [1.82, 2.24) is 0 Å². The predicted octanol–water partition coefficient (Wildman–Crippen LogP) is 4.16. The number of fused-ring (bicyclic) bond motifs is 3. The minimum atomic E-state index is -4.60. The molecular formula is C39H45O19P. The molecule has 1 saturated heterocycles. The Bertz CT molecular complexity index is 2100. The lowest BCUT2D eigenvalue weighted by molar-refractivity contribution is -0.323. The van der Waals surface area contributed by atoms with E-state index < -0.39 is 120 Å². The Kier molecular flexibility index (Phi) is 13.7. The van der Waals surface area contributed by atoms with Crippen LogP contribution in [0.2, 0.25) is 0 Å². The first-order valence-electron chi connectivity index (χ1n) is 18.4. The largest absolute Gasteiger partial charge is 0.475 e. The average molecular weight is 849 g/mol. The van der Waals surface area contributed by atoms with E-state index in [4.69, 9.17) is 51.5 Å². The minimum absolute atomic E-state index is 0.185.